The van der Waals surface area contributed by atoms with Crippen molar-refractivity contribution in [1.82, 2.24) is 10.1 Å². The fourth-order valence-corrected chi connectivity index (χ4v) is 3.08. The number of rotatable bonds is 3. The second-order valence-corrected chi connectivity index (χ2v) is 6.55. The number of aromatic nitrogens is 2. The molecule has 2 aromatic carbocycles. The van der Waals surface area contributed by atoms with E-state index in [1.165, 1.54) is 12.1 Å². The molecule has 7 heteroatoms. The third-order valence-electron chi connectivity index (χ3n) is 4.80. The number of nitrogens with zero attached hydrogens (tertiary/aromatic N) is 2. The number of halogens is 3. The molecule has 26 heavy (non-hydrogen) atoms. The number of hydrogen-bond donors (Lipinski definition) is 1. The Balaban J connectivity index is 1.72. The predicted molar refractivity (Wildman–Crippen MR) is 89.9 cm³/mol. The lowest BCUT2D eigenvalue weighted by molar-refractivity contribution is -0.137. The summed E-state index contributed by atoms with van der Waals surface area (Å²) in [5.74, 6) is 0.785. The van der Waals surface area contributed by atoms with Gasteiger partial charge in [0.2, 0.25) is 0 Å². The van der Waals surface area contributed by atoms with Gasteiger partial charge in [-0.15, -0.1) is 0 Å². The molecule has 1 heterocycles. The minimum atomic E-state index is -4.36. The lowest BCUT2D eigenvalue weighted by atomic mass is 9.77. The fraction of sp³-hybridized carbons (Fsp3) is 0.263. The smallest absolute Gasteiger partial charge is 0.334 e. The average Bonchev–Trinajstić information content (AvgIpc) is 3.09. The van der Waals surface area contributed by atoms with E-state index in [9.17, 15) is 13.2 Å². The summed E-state index contributed by atoms with van der Waals surface area (Å²) >= 11 is 0. The summed E-state index contributed by atoms with van der Waals surface area (Å²) in [4.78, 5) is 4.43. The zero-order valence-corrected chi connectivity index (χ0v) is 13.8. The molecule has 1 saturated carbocycles. The lowest BCUT2D eigenvalue weighted by Crippen LogP contribution is -2.44. The van der Waals surface area contributed by atoms with Crippen molar-refractivity contribution in [2.24, 2.45) is 5.73 Å². The normalized spacial score (nSPS) is 16.3. The largest absolute Gasteiger partial charge is 0.416 e. The van der Waals surface area contributed by atoms with E-state index in [4.69, 9.17) is 10.3 Å². The molecule has 3 aromatic rings. The molecule has 0 saturated heterocycles. The molecule has 2 N–H and O–H groups in total. The van der Waals surface area contributed by atoms with Crippen molar-refractivity contribution in [1.29, 1.82) is 0 Å². The van der Waals surface area contributed by atoms with Crippen molar-refractivity contribution >= 4 is 0 Å². The SMILES string of the molecule is NC1(c2noc(-c3ccccc3-c3ccc(C(F)(F)F)cc3)n2)CCC1. The highest BCUT2D eigenvalue weighted by molar-refractivity contribution is 5.80. The van der Waals surface area contributed by atoms with E-state index in [0.717, 1.165) is 37.0 Å². The van der Waals surface area contributed by atoms with Crippen molar-refractivity contribution < 1.29 is 17.7 Å². The summed E-state index contributed by atoms with van der Waals surface area (Å²) in [6, 6.07) is 12.2. The maximum absolute atomic E-state index is 12.8. The molecule has 0 radical (unpaired) electrons. The Kier molecular flexibility index (Phi) is 3.84. The quantitative estimate of drug-likeness (QED) is 0.732. The number of hydrogen-bond acceptors (Lipinski definition) is 4. The van der Waals surface area contributed by atoms with Gasteiger partial charge in [0.05, 0.1) is 11.1 Å². The van der Waals surface area contributed by atoms with Crippen LogP contribution in [0, 0.1) is 0 Å². The van der Waals surface area contributed by atoms with Crippen LogP contribution in [0.15, 0.2) is 53.1 Å². The van der Waals surface area contributed by atoms with Crippen molar-refractivity contribution in [2.45, 2.75) is 31.0 Å². The standard InChI is InChI=1S/C19H16F3N3O/c20-19(21,22)13-8-6-12(7-9-13)14-4-1-2-5-15(14)16-24-17(25-26-16)18(23)10-3-11-18/h1-2,4-9H,3,10-11,23H2. The van der Waals surface area contributed by atoms with Crippen LogP contribution in [0.4, 0.5) is 13.2 Å². The topological polar surface area (TPSA) is 64.9 Å². The Morgan fingerprint density at radius 3 is 2.19 bits per heavy atom. The Hall–Kier alpha value is -2.67. The number of benzene rings is 2. The van der Waals surface area contributed by atoms with E-state index in [0.29, 0.717) is 22.8 Å². The summed E-state index contributed by atoms with van der Waals surface area (Å²) in [6.07, 6.45) is -1.71. The fourth-order valence-electron chi connectivity index (χ4n) is 3.08. The van der Waals surface area contributed by atoms with Crippen molar-refractivity contribution in [3.63, 3.8) is 0 Å². The first-order valence-corrected chi connectivity index (χ1v) is 8.27. The van der Waals surface area contributed by atoms with Crippen LogP contribution in [0.5, 0.6) is 0 Å². The first-order valence-electron chi connectivity index (χ1n) is 8.27. The van der Waals surface area contributed by atoms with Crippen LogP contribution in [0.3, 0.4) is 0 Å². The number of nitrogens with two attached hydrogens (primary N) is 1. The van der Waals surface area contributed by atoms with Gasteiger partial charge in [-0.05, 0) is 48.6 Å². The van der Waals surface area contributed by atoms with Crippen LogP contribution in [0.25, 0.3) is 22.6 Å². The summed E-state index contributed by atoms with van der Waals surface area (Å²) in [5.41, 5.74) is 7.03. The molecule has 0 atom stereocenters. The molecular weight excluding hydrogens is 343 g/mol. The first kappa shape index (κ1) is 16.8. The van der Waals surface area contributed by atoms with Gasteiger partial charge >= 0.3 is 6.18 Å². The average molecular weight is 359 g/mol. The first-order chi connectivity index (χ1) is 12.4. The van der Waals surface area contributed by atoms with Crippen molar-refractivity contribution in [3.8, 4) is 22.6 Å². The van der Waals surface area contributed by atoms with Crippen LogP contribution in [-0.4, -0.2) is 10.1 Å². The van der Waals surface area contributed by atoms with E-state index in [-0.39, 0.29) is 0 Å². The second-order valence-electron chi connectivity index (χ2n) is 6.55. The van der Waals surface area contributed by atoms with Gasteiger partial charge in [0.1, 0.15) is 0 Å². The molecule has 134 valence electrons. The molecule has 0 bridgehead atoms. The van der Waals surface area contributed by atoms with Gasteiger partial charge in [0.15, 0.2) is 5.82 Å². The van der Waals surface area contributed by atoms with E-state index < -0.39 is 17.3 Å². The zero-order chi connectivity index (χ0) is 18.4. The number of alkyl halides is 3. The highest BCUT2D eigenvalue weighted by Gasteiger charge is 2.39. The minimum absolute atomic E-state index is 0.312. The Morgan fingerprint density at radius 1 is 0.962 bits per heavy atom. The highest BCUT2D eigenvalue weighted by atomic mass is 19.4. The van der Waals surface area contributed by atoms with Gasteiger partial charge in [-0.1, -0.05) is 35.5 Å². The van der Waals surface area contributed by atoms with Crippen molar-refractivity contribution in [2.75, 3.05) is 0 Å². The molecule has 1 aliphatic rings. The second kappa shape index (κ2) is 5.95. The van der Waals surface area contributed by atoms with E-state index >= 15 is 0 Å². The van der Waals surface area contributed by atoms with E-state index in [2.05, 4.69) is 10.1 Å². The summed E-state index contributed by atoms with van der Waals surface area (Å²) in [6.45, 7) is 0. The summed E-state index contributed by atoms with van der Waals surface area (Å²) in [7, 11) is 0. The van der Waals surface area contributed by atoms with Gasteiger partial charge in [-0.25, -0.2) is 0 Å². The molecule has 0 amide bonds. The Morgan fingerprint density at radius 2 is 1.62 bits per heavy atom. The molecular formula is C19H16F3N3O. The van der Waals surface area contributed by atoms with Gasteiger partial charge in [-0.2, -0.15) is 18.2 Å². The van der Waals surface area contributed by atoms with Crippen LogP contribution < -0.4 is 5.73 Å². The van der Waals surface area contributed by atoms with Crippen LogP contribution in [0.1, 0.15) is 30.7 Å². The minimum Gasteiger partial charge on any atom is -0.334 e. The molecule has 4 rings (SSSR count). The van der Waals surface area contributed by atoms with Crippen molar-refractivity contribution in [3.05, 3.63) is 59.9 Å². The van der Waals surface area contributed by atoms with E-state index in [1.807, 2.05) is 18.2 Å². The predicted octanol–water partition coefficient (Wildman–Crippen LogP) is 4.76. The van der Waals surface area contributed by atoms with Gasteiger partial charge in [0, 0.05) is 5.56 Å². The van der Waals surface area contributed by atoms with Crippen LogP contribution in [0.2, 0.25) is 0 Å². The highest BCUT2D eigenvalue weighted by Crippen LogP contribution is 2.39. The molecule has 4 nitrogen and oxygen atoms in total. The lowest BCUT2D eigenvalue weighted by Gasteiger charge is -2.34. The summed E-state index contributed by atoms with van der Waals surface area (Å²) in [5, 5.41) is 4.01. The Bertz CT molecular complexity index is 928. The third-order valence-corrected chi connectivity index (χ3v) is 4.80. The Labute approximate surface area is 147 Å². The third kappa shape index (κ3) is 2.88. The zero-order valence-electron chi connectivity index (χ0n) is 13.8. The van der Waals surface area contributed by atoms with Gasteiger partial charge < -0.3 is 10.3 Å². The van der Waals surface area contributed by atoms with Crippen LogP contribution in [-0.2, 0) is 11.7 Å². The summed E-state index contributed by atoms with van der Waals surface area (Å²) < 4.78 is 43.7. The molecule has 0 aliphatic heterocycles. The molecule has 0 unspecified atom stereocenters. The molecule has 1 fully saturated rings. The van der Waals surface area contributed by atoms with E-state index in [1.54, 1.807) is 6.07 Å². The maximum atomic E-state index is 12.8. The molecule has 1 aliphatic carbocycles. The maximum Gasteiger partial charge on any atom is 0.416 e. The molecule has 1 aromatic heterocycles. The van der Waals surface area contributed by atoms with Gasteiger partial charge in [-0.3, -0.25) is 0 Å². The molecule has 0 spiro atoms. The van der Waals surface area contributed by atoms with Gasteiger partial charge in [0.25, 0.3) is 5.89 Å². The van der Waals surface area contributed by atoms with Crippen LogP contribution >= 0.6 is 0 Å². The monoisotopic (exact) mass is 359 g/mol.